The highest BCUT2D eigenvalue weighted by atomic mass is 32.2. The van der Waals surface area contributed by atoms with Crippen molar-refractivity contribution in [1.82, 2.24) is 9.80 Å². The van der Waals surface area contributed by atoms with Gasteiger partial charge in [-0.3, -0.25) is 4.79 Å². The topological polar surface area (TPSA) is 95.0 Å². The van der Waals surface area contributed by atoms with Gasteiger partial charge in [0, 0.05) is 19.6 Å². The van der Waals surface area contributed by atoms with Crippen molar-refractivity contribution in [2.24, 2.45) is 0 Å². The van der Waals surface area contributed by atoms with Gasteiger partial charge in [0.05, 0.1) is 11.5 Å². The van der Waals surface area contributed by atoms with Gasteiger partial charge in [0.2, 0.25) is 0 Å². The number of rotatable bonds is 4. The second kappa shape index (κ2) is 5.85. The zero-order valence-corrected chi connectivity index (χ0v) is 10.7. The Bertz CT molecular complexity index is 431. The molecule has 1 N–H and O–H groups in total. The van der Waals surface area contributed by atoms with E-state index < -0.39 is 28.4 Å². The van der Waals surface area contributed by atoms with Crippen molar-refractivity contribution in [3.05, 3.63) is 12.7 Å². The summed E-state index contributed by atoms with van der Waals surface area (Å²) in [5, 5.41) is 8.70. The first-order valence-corrected chi connectivity index (χ1v) is 7.25. The summed E-state index contributed by atoms with van der Waals surface area (Å²) < 4.78 is 22.5. The number of nitrogens with zero attached hydrogens (tertiary/aromatic N) is 2. The van der Waals surface area contributed by atoms with Gasteiger partial charge in [0.15, 0.2) is 9.84 Å². The van der Waals surface area contributed by atoms with Crippen molar-refractivity contribution >= 4 is 21.8 Å². The van der Waals surface area contributed by atoms with Crippen molar-refractivity contribution in [1.29, 1.82) is 0 Å². The van der Waals surface area contributed by atoms with Crippen LogP contribution in [-0.2, 0) is 14.6 Å². The average molecular weight is 276 g/mol. The first-order valence-electron chi connectivity index (χ1n) is 5.42. The van der Waals surface area contributed by atoms with Gasteiger partial charge in [-0.2, -0.15) is 0 Å². The second-order valence-electron chi connectivity index (χ2n) is 3.98. The van der Waals surface area contributed by atoms with Crippen LogP contribution in [0.1, 0.15) is 0 Å². The number of amides is 2. The van der Waals surface area contributed by atoms with Crippen LogP contribution in [0, 0.1) is 0 Å². The fourth-order valence-corrected chi connectivity index (χ4v) is 2.83. The summed E-state index contributed by atoms with van der Waals surface area (Å²) in [6, 6.07) is -0.466. The first kappa shape index (κ1) is 14.5. The maximum absolute atomic E-state index is 12.0. The minimum atomic E-state index is -3.06. The molecule has 7 nitrogen and oxygen atoms in total. The molecule has 0 aromatic rings. The molecule has 1 aliphatic rings. The molecule has 1 heterocycles. The zero-order valence-electron chi connectivity index (χ0n) is 9.91. The van der Waals surface area contributed by atoms with E-state index >= 15 is 0 Å². The Hall–Kier alpha value is -1.57. The zero-order chi connectivity index (χ0) is 13.8. The SMILES string of the molecule is C=CCN(CC(=O)O)C(=O)N1CCS(=O)(=O)CC1. The van der Waals surface area contributed by atoms with Gasteiger partial charge in [-0.1, -0.05) is 6.08 Å². The van der Waals surface area contributed by atoms with E-state index in [0.717, 1.165) is 4.90 Å². The van der Waals surface area contributed by atoms with E-state index in [-0.39, 0.29) is 31.1 Å². The number of carboxylic acids is 1. The van der Waals surface area contributed by atoms with E-state index in [1.54, 1.807) is 0 Å². The number of hydrogen-bond donors (Lipinski definition) is 1. The fraction of sp³-hybridized carbons (Fsp3) is 0.600. The smallest absolute Gasteiger partial charge is 0.323 e. The van der Waals surface area contributed by atoms with Crippen LogP contribution < -0.4 is 0 Å². The van der Waals surface area contributed by atoms with Gasteiger partial charge in [-0.05, 0) is 0 Å². The monoisotopic (exact) mass is 276 g/mol. The highest BCUT2D eigenvalue weighted by Crippen LogP contribution is 2.07. The van der Waals surface area contributed by atoms with Gasteiger partial charge in [-0.25, -0.2) is 13.2 Å². The lowest BCUT2D eigenvalue weighted by Gasteiger charge is -2.31. The number of aliphatic carboxylic acids is 1. The Morgan fingerprint density at radius 2 is 1.89 bits per heavy atom. The van der Waals surface area contributed by atoms with E-state index in [4.69, 9.17) is 5.11 Å². The van der Waals surface area contributed by atoms with Crippen LogP contribution in [0.15, 0.2) is 12.7 Å². The normalized spacial score (nSPS) is 18.1. The Morgan fingerprint density at radius 1 is 1.33 bits per heavy atom. The van der Waals surface area contributed by atoms with Crippen molar-refractivity contribution in [3.63, 3.8) is 0 Å². The van der Waals surface area contributed by atoms with Crippen LogP contribution in [0.2, 0.25) is 0 Å². The molecule has 102 valence electrons. The molecule has 0 aromatic heterocycles. The third kappa shape index (κ3) is 4.02. The van der Waals surface area contributed by atoms with Crippen molar-refractivity contribution in [2.75, 3.05) is 37.7 Å². The van der Waals surface area contributed by atoms with E-state index in [0.29, 0.717) is 0 Å². The number of urea groups is 1. The lowest BCUT2D eigenvalue weighted by atomic mass is 10.4. The minimum Gasteiger partial charge on any atom is -0.480 e. The van der Waals surface area contributed by atoms with E-state index in [2.05, 4.69) is 6.58 Å². The summed E-state index contributed by atoms with van der Waals surface area (Å²) in [7, 11) is -3.06. The molecule has 2 amide bonds. The Morgan fingerprint density at radius 3 is 2.33 bits per heavy atom. The molecule has 1 rings (SSSR count). The number of carbonyl (C=O) groups excluding carboxylic acids is 1. The van der Waals surface area contributed by atoms with Crippen molar-refractivity contribution in [3.8, 4) is 0 Å². The second-order valence-corrected chi connectivity index (χ2v) is 6.29. The molecule has 1 saturated heterocycles. The predicted octanol–water partition coefficient (Wildman–Crippen LogP) is -0.591. The molecule has 0 aromatic carbocycles. The van der Waals surface area contributed by atoms with E-state index in [1.807, 2.05) is 0 Å². The largest absolute Gasteiger partial charge is 0.480 e. The number of sulfone groups is 1. The lowest BCUT2D eigenvalue weighted by Crippen LogP contribution is -2.50. The van der Waals surface area contributed by atoms with Crippen LogP contribution >= 0.6 is 0 Å². The van der Waals surface area contributed by atoms with E-state index in [1.165, 1.54) is 11.0 Å². The molecule has 0 aliphatic carbocycles. The molecule has 0 radical (unpaired) electrons. The van der Waals surface area contributed by atoms with Gasteiger partial charge in [0.25, 0.3) is 0 Å². The maximum Gasteiger partial charge on any atom is 0.323 e. The van der Waals surface area contributed by atoms with Crippen molar-refractivity contribution in [2.45, 2.75) is 0 Å². The highest BCUT2D eigenvalue weighted by molar-refractivity contribution is 7.91. The quantitative estimate of drug-likeness (QED) is 0.692. The lowest BCUT2D eigenvalue weighted by molar-refractivity contribution is -0.137. The first-order chi connectivity index (χ1) is 8.35. The molecule has 8 heteroatoms. The Balaban J connectivity index is 2.66. The molecule has 1 aliphatic heterocycles. The maximum atomic E-state index is 12.0. The highest BCUT2D eigenvalue weighted by Gasteiger charge is 2.28. The Kier molecular flexibility index (Phi) is 4.71. The Labute approximate surface area is 106 Å². The standard InChI is InChI=1S/C10H16N2O5S/c1-2-3-12(8-9(13)14)10(15)11-4-6-18(16,17)7-5-11/h2H,1,3-8H2,(H,13,14). The summed E-state index contributed by atoms with van der Waals surface area (Å²) in [5.74, 6) is -1.27. The molecule has 0 atom stereocenters. The average Bonchev–Trinajstić information content (AvgIpc) is 2.27. The molecule has 1 fully saturated rings. The van der Waals surface area contributed by atoms with Crippen LogP contribution in [0.25, 0.3) is 0 Å². The van der Waals surface area contributed by atoms with Crippen LogP contribution in [0.4, 0.5) is 4.79 Å². The third-order valence-corrected chi connectivity index (χ3v) is 4.17. The molecular weight excluding hydrogens is 260 g/mol. The fourth-order valence-electron chi connectivity index (χ4n) is 1.63. The van der Waals surface area contributed by atoms with Gasteiger partial charge in [-0.15, -0.1) is 6.58 Å². The minimum absolute atomic E-state index is 0.0757. The molecule has 0 bridgehead atoms. The summed E-state index contributed by atoms with van der Waals surface area (Å²) in [6.45, 7) is 3.37. The molecule has 0 spiro atoms. The molecule has 0 saturated carbocycles. The summed E-state index contributed by atoms with van der Waals surface area (Å²) in [5.41, 5.74) is 0. The summed E-state index contributed by atoms with van der Waals surface area (Å²) >= 11 is 0. The molecule has 0 unspecified atom stereocenters. The van der Waals surface area contributed by atoms with Crippen LogP contribution in [0.5, 0.6) is 0 Å². The van der Waals surface area contributed by atoms with Gasteiger partial charge in [0.1, 0.15) is 6.54 Å². The van der Waals surface area contributed by atoms with Crippen LogP contribution in [-0.4, -0.2) is 73.0 Å². The number of hydrogen-bond acceptors (Lipinski definition) is 4. The van der Waals surface area contributed by atoms with Crippen LogP contribution in [0.3, 0.4) is 0 Å². The van der Waals surface area contributed by atoms with Gasteiger partial charge >= 0.3 is 12.0 Å². The third-order valence-electron chi connectivity index (χ3n) is 2.56. The van der Waals surface area contributed by atoms with Gasteiger partial charge < -0.3 is 14.9 Å². The predicted molar refractivity (Wildman–Crippen MR) is 65.0 cm³/mol. The number of carboxylic acid groups (broad SMARTS) is 1. The molecule has 18 heavy (non-hydrogen) atoms. The van der Waals surface area contributed by atoms with Crippen molar-refractivity contribution < 1.29 is 23.1 Å². The number of carbonyl (C=O) groups is 2. The van der Waals surface area contributed by atoms with E-state index in [9.17, 15) is 18.0 Å². The summed E-state index contributed by atoms with van der Waals surface area (Å²) in [6.07, 6.45) is 1.43. The molecular formula is C10H16N2O5S. The summed E-state index contributed by atoms with van der Waals surface area (Å²) in [4.78, 5) is 25.1.